The first-order valence-corrected chi connectivity index (χ1v) is 14.5. The van der Waals surface area contributed by atoms with Crippen molar-refractivity contribution >= 4 is 39.7 Å². The molecule has 0 aliphatic rings. The van der Waals surface area contributed by atoms with Crippen LogP contribution in [-0.2, 0) is 19.4 Å². The molecule has 0 N–H and O–H groups in total. The Morgan fingerprint density at radius 1 is 0.971 bits per heavy atom. The highest BCUT2D eigenvalue weighted by atomic mass is 32.2. The van der Waals surface area contributed by atoms with Crippen LogP contribution in [0.1, 0.15) is 57.1 Å². The number of hydrogen-bond donors (Lipinski definition) is 0. The van der Waals surface area contributed by atoms with Gasteiger partial charge in [-0.05, 0) is 54.2 Å². The van der Waals surface area contributed by atoms with Crippen molar-refractivity contribution in [2.75, 3.05) is 18.1 Å². The topological polar surface area (TPSA) is 60.4 Å². The van der Waals surface area contributed by atoms with Crippen LogP contribution >= 0.6 is 11.8 Å². The van der Waals surface area contributed by atoms with Gasteiger partial charge in [0.05, 0.1) is 17.3 Å². The summed E-state index contributed by atoms with van der Waals surface area (Å²) in [6.07, 6.45) is 9.28. The third-order valence-electron chi connectivity index (χ3n) is 5.54. The van der Waals surface area contributed by atoms with E-state index in [0.29, 0.717) is 17.9 Å². The van der Waals surface area contributed by atoms with Gasteiger partial charge in [-0.15, -0.1) is 11.8 Å². The first kappa shape index (κ1) is 27.9. The Balaban J connectivity index is 1.79. The summed E-state index contributed by atoms with van der Waals surface area (Å²) in [6, 6.07) is 15.6. The van der Waals surface area contributed by atoms with E-state index in [1.54, 1.807) is 12.1 Å². The molecule has 0 bridgehead atoms. The first-order valence-electron chi connectivity index (χ1n) is 11.9. The Kier molecular flexibility index (Phi) is 12.2. The molecule has 0 aromatic heterocycles. The molecule has 1 atom stereocenters. The maximum absolute atomic E-state index is 12.6. The summed E-state index contributed by atoms with van der Waals surface area (Å²) in [5.74, 6) is 1.55. The second kappa shape index (κ2) is 14.8. The van der Waals surface area contributed by atoms with Crippen LogP contribution in [0.3, 0.4) is 0 Å². The van der Waals surface area contributed by atoms with Crippen LogP contribution in [0.2, 0.25) is 0 Å². The van der Waals surface area contributed by atoms with Gasteiger partial charge in [-0.1, -0.05) is 76.1 Å². The summed E-state index contributed by atoms with van der Waals surface area (Å²) in [4.78, 5) is 12.6. The van der Waals surface area contributed by atoms with Gasteiger partial charge in [0.15, 0.2) is 9.84 Å². The second-order valence-corrected chi connectivity index (χ2v) is 11.6. The van der Waals surface area contributed by atoms with Gasteiger partial charge in [0.25, 0.3) is 0 Å². The summed E-state index contributed by atoms with van der Waals surface area (Å²) < 4.78 is 30.1. The average molecular weight is 501 g/mol. The lowest BCUT2D eigenvalue weighted by Crippen LogP contribution is -2.07. The van der Waals surface area contributed by atoms with Gasteiger partial charge in [-0.25, -0.2) is 13.2 Å². The molecular weight excluding hydrogens is 464 g/mol. The molecule has 34 heavy (non-hydrogen) atoms. The minimum atomic E-state index is -3.30. The normalized spacial score (nSPS) is 12.5. The van der Waals surface area contributed by atoms with Gasteiger partial charge in [-0.2, -0.15) is 0 Å². The number of benzene rings is 2. The van der Waals surface area contributed by atoms with Crippen molar-refractivity contribution in [2.45, 2.75) is 55.7 Å². The number of ether oxygens (including phenoxy) is 1. The number of thioether (sulfide) groups is 1. The fourth-order valence-corrected chi connectivity index (χ4v) is 5.52. The maximum Gasteiger partial charge on any atom is 0.330 e. The van der Waals surface area contributed by atoms with Gasteiger partial charge >= 0.3 is 5.97 Å². The number of rotatable bonds is 15. The number of carbonyl (C=O) groups excluding carboxylic acids is 1. The number of hydrogen-bond acceptors (Lipinski definition) is 5. The number of unbranched alkanes of at least 4 members (excludes halogenated alkanes) is 3. The Morgan fingerprint density at radius 2 is 1.56 bits per heavy atom. The van der Waals surface area contributed by atoms with Crippen LogP contribution < -0.4 is 0 Å². The van der Waals surface area contributed by atoms with E-state index >= 15 is 0 Å². The van der Waals surface area contributed by atoms with E-state index in [1.165, 1.54) is 11.3 Å². The van der Waals surface area contributed by atoms with Gasteiger partial charge in [0.2, 0.25) is 0 Å². The van der Waals surface area contributed by atoms with Crippen molar-refractivity contribution in [2.24, 2.45) is 5.92 Å². The highest BCUT2D eigenvalue weighted by molar-refractivity contribution is 7.99. The zero-order chi connectivity index (χ0) is 24.8. The number of sulfone groups is 1. The van der Waals surface area contributed by atoms with Gasteiger partial charge in [-0.3, -0.25) is 0 Å². The molecule has 0 saturated heterocycles. The minimum absolute atomic E-state index is 0.121. The second-order valence-electron chi connectivity index (χ2n) is 8.40. The molecule has 184 valence electrons. The fraction of sp³-hybridized carbons (Fsp3) is 0.393. The van der Waals surface area contributed by atoms with Crippen molar-refractivity contribution in [1.82, 2.24) is 0 Å². The van der Waals surface area contributed by atoms with E-state index in [9.17, 15) is 13.2 Å². The molecule has 6 heteroatoms. The minimum Gasteiger partial charge on any atom is -0.463 e. The summed E-state index contributed by atoms with van der Waals surface area (Å²) in [5, 5.41) is 0. The van der Waals surface area contributed by atoms with Crippen molar-refractivity contribution in [3.05, 3.63) is 72.3 Å². The molecule has 0 amide bonds. The quantitative estimate of drug-likeness (QED) is 0.0861. The summed E-state index contributed by atoms with van der Waals surface area (Å²) in [5.41, 5.74) is 2.08. The highest BCUT2D eigenvalue weighted by Crippen LogP contribution is 2.23. The summed E-state index contributed by atoms with van der Waals surface area (Å²) in [6.45, 7) is 8.18. The first-order chi connectivity index (χ1) is 16.3. The lowest BCUT2D eigenvalue weighted by Gasteiger charge is -2.07. The third kappa shape index (κ3) is 10.3. The van der Waals surface area contributed by atoms with Gasteiger partial charge in [0, 0.05) is 16.7 Å². The summed E-state index contributed by atoms with van der Waals surface area (Å²) in [7, 11) is -3.30. The molecule has 0 aliphatic carbocycles. The predicted octanol–water partition coefficient (Wildman–Crippen LogP) is 7.06. The van der Waals surface area contributed by atoms with Crippen molar-refractivity contribution in [3.8, 4) is 0 Å². The van der Waals surface area contributed by atoms with E-state index in [2.05, 4.69) is 44.7 Å². The maximum atomic E-state index is 12.6. The molecule has 0 saturated carbocycles. The fourth-order valence-electron chi connectivity index (χ4n) is 3.11. The van der Waals surface area contributed by atoms with Crippen molar-refractivity contribution in [1.29, 1.82) is 0 Å². The van der Waals surface area contributed by atoms with Crippen LogP contribution in [0.4, 0.5) is 0 Å². The van der Waals surface area contributed by atoms with E-state index in [0.717, 1.165) is 48.1 Å². The van der Waals surface area contributed by atoms with Crippen LogP contribution in [0.25, 0.3) is 12.2 Å². The van der Waals surface area contributed by atoms with Crippen molar-refractivity contribution < 1.29 is 17.9 Å². The molecule has 0 heterocycles. The smallest absolute Gasteiger partial charge is 0.330 e. The zero-order valence-electron chi connectivity index (χ0n) is 20.2. The zero-order valence-corrected chi connectivity index (χ0v) is 21.9. The lowest BCUT2D eigenvalue weighted by atomic mass is 10.1. The van der Waals surface area contributed by atoms with Crippen LogP contribution in [0.5, 0.6) is 0 Å². The molecule has 0 spiro atoms. The van der Waals surface area contributed by atoms with E-state index in [4.69, 9.17) is 4.74 Å². The monoisotopic (exact) mass is 500 g/mol. The molecule has 0 radical (unpaired) electrons. The Hall–Kier alpha value is -2.31. The molecule has 4 nitrogen and oxygen atoms in total. The molecule has 2 aromatic rings. The third-order valence-corrected chi connectivity index (χ3v) is 8.70. The summed E-state index contributed by atoms with van der Waals surface area (Å²) >= 11 is 1.89. The molecule has 2 rings (SSSR count). The highest BCUT2D eigenvalue weighted by Gasteiger charge is 2.13. The molecule has 2 aromatic carbocycles. The Labute approximate surface area is 209 Å². The Morgan fingerprint density at radius 3 is 2.15 bits per heavy atom. The van der Waals surface area contributed by atoms with Gasteiger partial charge in [0.1, 0.15) is 0 Å². The van der Waals surface area contributed by atoms with Crippen LogP contribution in [-0.4, -0.2) is 32.5 Å². The number of carbonyl (C=O) groups is 1. The molecule has 0 aliphatic heterocycles. The molecule has 0 unspecified atom stereocenters. The average Bonchev–Trinajstić information content (AvgIpc) is 2.86. The lowest BCUT2D eigenvalue weighted by molar-refractivity contribution is -0.137. The van der Waals surface area contributed by atoms with E-state index in [1.807, 2.05) is 36.0 Å². The largest absolute Gasteiger partial charge is 0.463 e. The Bertz CT molecular complexity index is 1020. The standard InChI is InChI=1S/C28H36O4S2/c1-4-23(3)22-33-26-16-12-24(13-17-26)10-11-25-14-18-27(19-15-25)34(30,31)21-9-7-6-8-20-32-28(29)5-2/h5,10-19,23H,2,4,6-9,20-22H2,1,3H3/t23-/m1/s1. The number of esters is 1. The van der Waals surface area contributed by atoms with Crippen LogP contribution in [0.15, 0.2) is 71.0 Å². The molecular formula is C28H36O4S2. The van der Waals surface area contributed by atoms with Crippen molar-refractivity contribution in [3.63, 3.8) is 0 Å². The van der Waals surface area contributed by atoms with E-state index < -0.39 is 15.8 Å². The van der Waals surface area contributed by atoms with Gasteiger partial charge < -0.3 is 4.74 Å². The van der Waals surface area contributed by atoms with E-state index in [-0.39, 0.29) is 5.75 Å². The predicted molar refractivity (Wildman–Crippen MR) is 144 cm³/mol. The van der Waals surface area contributed by atoms with Crippen LogP contribution in [0, 0.1) is 5.92 Å². The molecule has 0 fully saturated rings. The SMILES string of the molecule is C=CC(=O)OCCCCCCS(=O)(=O)c1ccc(C=Cc2ccc(SC[C@H](C)CC)cc2)cc1.